The van der Waals surface area contributed by atoms with Crippen LogP contribution in [0.5, 0.6) is 5.75 Å². The van der Waals surface area contributed by atoms with Crippen molar-refractivity contribution in [2.45, 2.75) is 19.4 Å². The molecule has 3 aromatic rings. The van der Waals surface area contributed by atoms with Crippen LogP contribution in [-0.2, 0) is 11.3 Å². The SMILES string of the molecule is COc1ccc(Cl)cc1C(=O)N1CCC(C(=O)NCc2cccnc2-n2cncn2)CC1. The van der Waals surface area contributed by atoms with E-state index in [-0.39, 0.29) is 17.7 Å². The van der Waals surface area contributed by atoms with Crippen molar-refractivity contribution < 1.29 is 14.3 Å². The first-order chi connectivity index (χ1) is 15.6. The zero-order chi connectivity index (χ0) is 22.5. The van der Waals surface area contributed by atoms with Gasteiger partial charge >= 0.3 is 0 Å². The predicted octanol–water partition coefficient (Wildman–Crippen LogP) is 2.49. The molecule has 1 fully saturated rings. The standard InChI is InChI=1S/C22H23ClN6O3/c1-32-19-5-4-17(23)11-18(19)22(31)28-9-6-15(7-10-28)21(30)26-12-16-3-2-8-25-20(16)29-14-24-13-27-29/h2-5,8,11,13-15H,6-7,9-10,12H2,1H3,(H,26,30). The van der Waals surface area contributed by atoms with Crippen LogP contribution < -0.4 is 10.1 Å². The molecule has 1 N–H and O–H groups in total. The van der Waals surface area contributed by atoms with Gasteiger partial charge in [-0.25, -0.2) is 14.6 Å². The zero-order valence-corrected chi connectivity index (χ0v) is 18.3. The fourth-order valence-corrected chi connectivity index (χ4v) is 3.95. The van der Waals surface area contributed by atoms with Crippen molar-refractivity contribution in [1.29, 1.82) is 0 Å². The van der Waals surface area contributed by atoms with Crippen molar-refractivity contribution in [2.75, 3.05) is 20.2 Å². The van der Waals surface area contributed by atoms with Crippen LogP contribution in [0, 0.1) is 5.92 Å². The Labute approximate surface area is 190 Å². The number of benzene rings is 1. The number of methoxy groups -OCH3 is 1. The number of nitrogens with zero attached hydrogens (tertiary/aromatic N) is 5. The largest absolute Gasteiger partial charge is 0.496 e. The molecule has 4 rings (SSSR count). The van der Waals surface area contributed by atoms with Crippen molar-refractivity contribution >= 4 is 23.4 Å². The summed E-state index contributed by atoms with van der Waals surface area (Å²) in [6, 6.07) is 8.69. The van der Waals surface area contributed by atoms with Gasteiger partial charge in [0.15, 0.2) is 5.82 Å². The molecule has 0 saturated carbocycles. The maximum absolute atomic E-state index is 12.9. The monoisotopic (exact) mass is 454 g/mol. The number of rotatable bonds is 6. The zero-order valence-electron chi connectivity index (χ0n) is 17.6. The third-order valence-corrected chi connectivity index (χ3v) is 5.74. The number of nitrogens with one attached hydrogen (secondary N) is 1. The Morgan fingerprint density at radius 1 is 1.25 bits per heavy atom. The lowest BCUT2D eigenvalue weighted by atomic mass is 9.95. The molecule has 9 nitrogen and oxygen atoms in total. The molecule has 10 heteroatoms. The topological polar surface area (TPSA) is 102 Å². The molecule has 0 bridgehead atoms. The third kappa shape index (κ3) is 4.72. The number of carbonyl (C=O) groups is 2. The second kappa shape index (κ2) is 9.78. The molecule has 0 aliphatic carbocycles. The highest BCUT2D eigenvalue weighted by atomic mass is 35.5. The molecule has 1 aliphatic rings. The van der Waals surface area contributed by atoms with Gasteiger partial charge in [0.2, 0.25) is 5.91 Å². The van der Waals surface area contributed by atoms with E-state index in [0.29, 0.717) is 54.6 Å². The smallest absolute Gasteiger partial charge is 0.257 e. The Morgan fingerprint density at radius 3 is 2.78 bits per heavy atom. The molecule has 0 radical (unpaired) electrons. The first-order valence-electron chi connectivity index (χ1n) is 10.3. The number of aromatic nitrogens is 4. The Bertz CT molecular complexity index is 1100. The van der Waals surface area contributed by atoms with Gasteiger partial charge in [-0.1, -0.05) is 17.7 Å². The molecule has 2 aromatic heterocycles. The van der Waals surface area contributed by atoms with E-state index < -0.39 is 0 Å². The van der Waals surface area contributed by atoms with Crippen molar-refractivity contribution in [2.24, 2.45) is 5.92 Å². The minimum atomic E-state index is -0.160. The van der Waals surface area contributed by atoms with Gasteiger partial charge in [0.05, 0.1) is 12.7 Å². The van der Waals surface area contributed by atoms with Gasteiger partial charge in [-0.3, -0.25) is 9.59 Å². The van der Waals surface area contributed by atoms with E-state index in [2.05, 4.69) is 20.4 Å². The average molecular weight is 455 g/mol. The molecule has 3 heterocycles. The number of pyridine rings is 1. The molecule has 0 unspecified atom stereocenters. The van der Waals surface area contributed by atoms with Crippen LogP contribution in [0.2, 0.25) is 5.02 Å². The summed E-state index contributed by atoms with van der Waals surface area (Å²) >= 11 is 6.06. The van der Waals surface area contributed by atoms with E-state index in [4.69, 9.17) is 16.3 Å². The van der Waals surface area contributed by atoms with Gasteiger partial charge in [0.1, 0.15) is 18.4 Å². The number of carbonyl (C=O) groups excluding carboxylic acids is 2. The van der Waals surface area contributed by atoms with E-state index in [1.54, 1.807) is 40.3 Å². The van der Waals surface area contributed by atoms with Crippen molar-refractivity contribution in [3.05, 3.63) is 65.3 Å². The summed E-state index contributed by atoms with van der Waals surface area (Å²) in [5.41, 5.74) is 1.27. The number of hydrogen-bond donors (Lipinski definition) is 1. The van der Waals surface area contributed by atoms with Crippen LogP contribution in [0.25, 0.3) is 5.82 Å². The second-order valence-corrected chi connectivity index (χ2v) is 7.89. The van der Waals surface area contributed by atoms with Gasteiger partial charge in [-0.2, -0.15) is 5.10 Å². The van der Waals surface area contributed by atoms with Crippen molar-refractivity contribution in [1.82, 2.24) is 30.0 Å². The Hall–Kier alpha value is -3.46. The minimum Gasteiger partial charge on any atom is -0.496 e. The third-order valence-electron chi connectivity index (χ3n) is 5.50. The molecule has 0 spiro atoms. The summed E-state index contributed by atoms with van der Waals surface area (Å²) in [4.78, 5) is 35.7. The van der Waals surface area contributed by atoms with Crippen LogP contribution >= 0.6 is 11.6 Å². The Morgan fingerprint density at radius 2 is 2.06 bits per heavy atom. The number of likely N-dealkylation sites (tertiary alicyclic amines) is 1. The van der Waals surface area contributed by atoms with Crippen LogP contribution in [0.1, 0.15) is 28.8 Å². The first-order valence-corrected chi connectivity index (χ1v) is 10.6. The van der Waals surface area contributed by atoms with Gasteiger partial charge in [-0.15, -0.1) is 0 Å². The van der Waals surface area contributed by atoms with Crippen LogP contribution in [0.4, 0.5) is 0 Å². The number of amides is 2. The van der Waals surface area contributed by atoms with Crippen LogP contribution in [-0.4, -0.2) is 56.7 Å². The molecular weight excluding hydrogens is 432 g/mol. The second-order valence-electron chi connectivity index (χ2n) is 7.46. The number of halogens is 1. The van der Waals surface area contributed by atoms with E-state index >= 15 is 0 Å². The molecule has 166 valence electrons. The predicted molar refractivity (Wildman–Crippen MR) is 118 cm³/mol. The number of piperidine rings is 1. The fourth-order valence-electron chi connectivity index (χ4n) is 3.78. The van der Waals surface area contributed by atoms with E-state index in [1.807, 2.05) is 12.1 Å². The molecule has 2 amide bonds. The van der Waals surface area contributed by atoms with Gasteiger partial charge in [0.25, 0.3) is 5.91 Å². The summed E-state index contributed by atoms with van der Waals surface area (Å²) in [6.45, 7) is 1.31. The summed E-state index contributed by atoms with van der Waals surface area (Å²) in [5, 5.41) is 7.57. The van der Waals surface area contributed by atoms with Gasteiger partial charge in [-0.05, 0) is 37.1 Å². The normalized spacial score (nSPS) is 14.2. The molecule has 1 aliphatic heterocycles. The molecular formula is C22H23ClN6O3. The lowest BCUT2D eigenvalue weighted by Gasteiger charge is -2.31. The molecule has 0 atom stereocenters. The molecule has 1 aromatic carbocycles. The van der Waals surface area contributed by atoms with E-state index in [1.165, 1.54) is 13.4 Å². The average Bonchev–Trinajstić information content (AvgIpc) is 3.37. The van der Waals surface area contributed by atoms with E-state index in [9.17, 15) is 9.59 Å². The van der Waals surface area contributed by atoms with Crippen LogP contribution in [0.15, 0.2) is 49.2 Å². The maximum Gasteiger partial charge on any atom is 0.257 e. The van der Waals surface area contributed by atoms with Gasteiger partial charge < -0.3 is 15.0 Å². The quantitative estimate of drug-likeness (QED) is 0.614. The van der Waals surface area contributed by atoms with Gasteiger partial charge in [0, 0.05) is 42.3 Å². The first kappa shape index (κ1) is 21.8. The lowest BCUT2D eigenvalue weighted by Crippen LogP contribution is -2.43. The molecule has 1 saturated heterocycles. The lowest BCUT2D eigenvalue weighted by molar-refractivity contribution is -0.126. The Kier molecular flexibility index (Phi) is 6.65. The van der Waals surface area contributed by atoms with Crippen LogP contribution in [0.3, 0.4) is 0 Å². The fraction of sp³-hybridized carbons (Fsp3) is 0.318. The summed E-state index contributed by atoms with van der Waals surface area (Å²) < 4.78 is 6.86. The highest BCUT2D eigenvalue weighted by Crippen LogP contribution is 2.26. The van der Waals surface area contributed by atoms with Crippen molar-refractivity contribution in [3.8, 4) is 11.6 Å². The highest BCUT2D eigenvalue weighted by Gasteiger charge is 2.29. The van der Waals surface area contributed by atoms with E-state index in [0.717, 1.165) is 5.56 Å². The minimum absolute atomic E-state index is 0.0363. The molecule has 32 heavy (non-hydrogen) atoms. The maximum atomic E-state index is 12.9. The summed E-state index contributed by atoms with van der Waals surface area (Å²) in [5.74, 6) is 0.772. The number of hydrogen-bond acceptors (Lipinski definition) is 6. The summed E-state index contributed by atoms with van der Waals surface area (Å²) in [7, 11) is 1.52. The highest BCUT2D eigenvalue weighted by molar-refractivity contribution is 6.31. The van der Waals surface area contributed by atoms with Crippen molar-refractivity contribution in [3.63, 3.8) is 0 Å². The summed E-state index contributed by atoms with van der Waals surface area (Å²) in [6.07, 6.45) is 5.84. The Balaban J connectivity index is 1.34. The number of ether oxygens (including phenoxy) is 1.